The van der Waals surface area contributed by atoms with Crippen molar-refractivity contribution in [1.82, 2.24) is 14.9 Å². The first-order valence-corrected chi connectivity index (χ1v) is 5.70. The zero-order valence-corrected chi connectivity index (χ0v) is 8.50. The normalized spacial score (nSPS) is 26.4. The average molecular weight is 191 g/mol. The minimum atomic E-state index is 0.668. The topological polar surface area (TPSA) is 29.9 Å². The fourth-order valence-electron chi connectivity index (χ4n) is 2.66. The summed E-state index contributed by atoms with van der Waals surface area (Å²) >= 11 is 0. The Morgan fingerprint density at radius 1 is 1.43 bits per heavy atom. The number of imidazole rings is 1. The smallest absolute Gasteiger partial charge is 0.113 e. The molecule has 0 aromatic carbocycles. The average Bonchev–Trinajstić information content (AvgIpc) is 2.85. The summed E-state index contributed by atoms with van der Waals surface area (Å²) in [6.07, 6.45) is 7.25. The molecule has 1 fully saturated rings. The number of hydrogen-bond donors (Lipinski definition) is 1. The van der Waals surface area contributed by atoms with Crippen molar-refractivity contribution in [2.75, 3.05) is 13.1 Å². The number of fused-ring (bicyclic) bond motifs is 1. The van der Waals surface area contributed by atoms with Gasteiger partial charge in [-0.25, -0.2) is 4.98 Å². The van der Waals surface area contributed by atoms with Crippen LogP contribution in [0, 0.1) is 0 Å². The van der Waals surface area contributed by atoms with Crippen LogP contribution in [0.4, 0.5) is 0 Å². The molecule has 0 aliphatic carbocycles. The summed E-state index contributed by atoms with van der Waals surface area (Å²) in [5.41, 5.74) is 1.46. The quantitative estimate of drug-likeness (QED) is 0.725. The molecule has 0 unspecified atom stereocenters. The maximum Gasteiger partial charge on any atom is 0.113 e. The Morgan fingerprint density at radius 3 is 3.29 bits per heavy atom. The van der Waals surface area contributed by atoms with Crippen molar-refractivity contribution in [3.05, 3.63) is 17.7 Å². The highest BCUT2D eigenvalue weighted by Gasteiger charge is 2.23. The van der Waals surface area contributed by atoms with Gasteiger partial charge in [0.15, 0.2) is 0 Å². The standard InChI is InChI=1S/C11H17N3/c1-2-6-14-10(3-1)8-13-11(14)9-4-5-12-7-9/h8-9,12H,1-7H2/t9-/m1/s1. The lowest BCUT2D eigenvalue weighted by Crippen LogP contribution is -2.16. The van der Waals surface area contributed by atoms with E-state index in [1.54, 1.807) is 0 Å². The molecule has 1 aromatic rings. The Morgan fingerprint density at radius 2 is 2.43 bits per heavy atom. The Balaban J connectivity index is 1.93. The van der Waals surface area contributed by atoms with Gasteiger partial charge in [0.1, 0.15) is 5.82 Å². The van der Waals surface area contributed by atoms with Crippen molar-refractivity contribution in [2.24, 2.45) is 0 Å². The van der Waals surface area contributed by atoms with Gasteiger partial charge in [0.25, 0.3) is 0 Å². The molecule has 0 bridgehead atoms. The largest absolute Gasteiger partial charge is 0.332 e. The third kappa shape index (κ3) is 1.27. The third-order valence-corrected chi connectivity index (χ3v) is 3.46. The van der Waals surface area contributed by atoms with Gasteiger partial charge in [-0.15, -0.1) is 0 Å². The highest BCUT2D eigenvalue weighted by molar-refractivity contribution is 5.13. The highest BCUT2D eigenvalue weighted by atomic mass is 15.1. The predicted molar refractivity (Wildman–Crippen MR) is 55.4 cm³/mol. The molecule has 1 aromatic heterocycles. The molecule has 76 valence electrons. The van der Waals surface area contributed by atoms with Gasteiger partial charge in [-0.05, 0) is 32.2 Å². The number of hydrogen-bond acceptors (Lipinski definition) is 2. The molecule has 1 atom stereocenters. The van der Waals surface area contributed by atoms with E-state index in [0.717, 1.165) is 13.1 Å². The van der Waals surface area contributed by atoms with Crippen LogP contribution in [0.15, 0.2) is 6.20 Å². The molecule has 1 saturated heterocycles. The van der Waals surface area contributed by atoms with E-state index in [4.69, 9.17) is 0 Å². The molecule has 3 nitrogen and oxygen atoms in total. The van der Waals surface area contributed by atoms with Crippen LogP contribution in [0.1, 0.15) is 36.7 Å². The third-order valence-electron chi connectivity index (χ3n) is 3.46. The Kier molecular flexibility index (Phi) is 2.05. The first-order valence-electron chi connectivity index (χ1n) is 5.70. The summed E-state index contributed by atoms with van der Waals surface area (Å²) in [6.45, 7) is 3.48. The van der Waals surface area contributed by atoms with E-state index < -0.39 is 0 Å². The van der Waals surface area contributed by atoms with Crippen molar-refractivity contribution in [3.8, 4) is 0 Å². The van der Waals surface area contributed by atoms with Crippen LogP contribution in [0.25, 0.3) is 0 Å². The summed E-state index contributed by atoms with van der Waals surface area (Å²) in [5, 5.41) is 3.41. The van der Waals surface area contributed by atoms with Crippen molar-refractivity contribution in [1.29, 1.82) is 0 Å². The second-order valence-electron chi connectivity index (χ2n) is 4.41. The molecule has 0 saturated carbocycles. The van der Waals surface area contributed by atoms with Crippen LogP contribution in [0.2, 0.25) is 0 Å². The van der Waals surface area contributed by atoms with Gasteiger partial charge in [0.05, 0.1) is 0 Å². The molecule has 3 rings (SSSR count). The first-order chi connectivity index (χ1) is 6.95. The second-order valence-corrected chi connectivity index (χ2v) is 4.41. The number of rotatable bonds is 1. The van der Waals surface area contributed by atoms with Gasteiger partial charge < -0.3 is 9.88 Å². The lowest BCUT2D eigenvalue weighted by molar-refractivity contribution is 0.498. The molecular formula is C11H17N3. The minimum Gasteiger partial charge on any atom is -0.332 e. The molecular weight excluding hydrogens is 174 g/mol. The molecule has 3 heterocycles. The van der Waals surface area contributed by atoms with E-state index in [1.807, 2.05) is 0 Å². The van der Waals surface area contributed by atoms with Gasteiger partial charge in [-0.1, -0.05) is 0 Å². The number of nitrogens with zero attached hydrogens (tertiary/aromatic N) is 2. The Hall–Kier alpha value is -0.830. The first kappa shape index (κ1) is 8.48. The van der Waals surface area contributed by atoms with E-state index in [2.05, 4.69) is 21.1 Å². The van der Waals surface area contributed by atoms with Crippen LogP contribution in [-0.4, -0.2) is 22.6 Å². The van der Waals surface area contributed by atoms with E-state index in [9.17, 15) is 0 Å². The van der Waals surface area contributed by atoms with E-state index in [1.165, 1.54) is 43.7 Å². The van der Waals surface area contributed by atoms with Gasteiger partial charge in [0.2, 0.25) is 0 Å². The summed E-state index contributed by atoms with van der Waals surface area (Å²) in [4.78, 5) is 4.60. The van der Waals surface area contributed by atoms with Crippen molar-refractivity contribution in [3.63, 3.8) is 0 Å². The maximum atomic E-state index is 4.60. The molecule has 14 heavy (non-hydrogen) atoms. The zero-order valence-electron chi connectivity index (χ0n) is 8.50. The second kappa shape index (κ2) is 3.39. The summed E-state index contributed by atoms with van der Waals surface area (Å²) in [6, 6.07) is 0. The molecule has 3 heteroatoms. The predicted octanol–water partition coefficient (Wildman–Crippen LogP) is 1.30. The van der Waals surface area contributed by atoms with Gasteiger partial charge in [-0.2, -0.15) is 0 Å². The zero-order chi connectivity index (χ0) is 9.38. The Labute approximate surface area is 84.5 Å². The summed E-state index contributed by atoms with van der Waals surface area (Å²) in [7, 11) is 0. The van der Waals surface area contributed by atoms with Crippen LogP contribution in [0.5, 0.6) is 0 Å². The molecule has 2 aliphatic rings. The SMILES string of the molecule is c1nc([C@@H]2CCNC2)n2c1CCCC2. The van der Waals surface area contributed by atoms with E-state index >= 15 is 0 Å². The fraction of sp³-hybridized carbons (Fsp3) is 0.727. The van der Waals surface area contributed by atoms with Crippen molar-refractivity contribution >= 4 is 0 Å². The highest BCUT2D eigenvalue weighted by Crippen LogP contribution is 2.25. The van der Waals surface area contributed by atoms with E-state index in [0.29, 0.717) is 5.92 Å². The fourth-order valence-corrected chi connectivity index (χ4v) is 2.66. The van der Waals surface area contributed by atoms with Gasteiger partial charge in [-0.3, -0.25) is 0 Å². The van der Waals surface area contributed by atoms with Crippen LogP contribution < -0.4 is 5.32 Å². The number of aryl methyl sites for hydroxylation is 1. The van der Waals surface area contributed by atoms with Crippen LogP contribution in [-0.2, 0) is 13.0 Å². The number of nitrogens with one attached hydrogen (secondary N) is 1. The monoisotopic (exact) mass is 191 g/mol. The minimum absolute atomic E-state index is 0.668. The van der Waals surface area contributed by atoms with Gasteiger partial charge in [0, 0.05) is 30.9 Å². The van der Waals surface area contributed by atoms with E-state index in [-0.39, 0.29) is 0 Å². The molecule has 0 radical (unpaired) electrons. The maximum absolute atomic E-state index is 4.60. The van der Waals surface area contributed by atoms with Crippen molar-refractivity contribution < 1.29 is 0 Å². The van der Waals surface area contributed by atoms with Crippen LogP contribution in [0.3, 0.4) is 0 Å². The van der Waals surface area contributed by atoms with Gasteiger partial charge >= 0.3 is 0 Å². The molecule has 2 aliphatic heterocycles. The molecule has 1 N–H and O–H groups in total. The number of aromatic nitrogens is 2. The lowest BCUT2D eigenvalue weighted by Gasteiger charge is -2.18. The van der Waals surface area contributed by atoms with Crippen LogP contribution >= 0.6 is 0 Å². The molecule has 0 amide bonds. The summed E-state index contributed by atoms with van der Waals surface area (Å²) in [5.74, 6) is 2.01. The summed E-state index contributed by atoms with van der Waals surface area (Å²) < 4.78 is 2.46. The molecule has 0 spiro atoms. The Bertz CT molecular complexity index is 323. The lowest BCUT2D eigenvalue weighted by atomic mass is 10.1. The van der Waals surface area contributed by atoms with Crippen molar-refractivity contribution in [2.45, 2.75) is 38.1 Å².